The highest BCUT2D eigenvalue weighted by Gasteiger charge is 2.25. The van der Waals surface area contributed by atoms with E-state index in [1.807, 2.05) is 54.9 Å². The number of benzene rings is 2. The van der Waals surface area contributed by atoms with Crippen molar-refractivity contribution in [2.45, 2.75) is 18.7 Å². The Balaban J connectivity index is 1.60. The Hall–Kier alpha value is -3.80. The highest BCUT2D eigenvalue weighted by molar-refractivity contribution is 8.02. The minimum Gasteiger partial charge on any atom is -0.377 e. The number of hydrogen-bond donors (Lipinski definition) is 3. The molecule has 5 rings (SSSR count). The zero-order valence-corrected chi connectivity index (χ0v) is 23.9. The molecule has 40 heavy (non-hydrogen) atoms. The van der Waals surface area contributed by atoms with E-state index in [1.165, 1.54) is 16.6 Å². The van der Waals surface area contributed by atoms with E-state index in [9.17, 15) is 18.0 Å². The smallest absolute Gasteiger partial charge is 0.250 e. The molecule has 4 N–H and O–H groups in total. The van der Waals surface area contributed by atoms with Crippen molar-refractivity contribution in [3.63, 3.8) is 0 Å². The Bertz CT molecular complexity index is 1680. The number of H-pyrrole nitrogens is 1. The molecule has 2 amide bonds. The van der Waals surface area contributed by atoms with E-state index in [1.54, 1.807) is 22.7 Å². The number of anilines is 1. The van der Waals surface area contributed by atoms with Crippen LogP contribution in [0.1, 0.15) is 28.0 Å². The summed E-state index contributed by atoms with van der Waals surface area (Å²) in [6.07, 6.45) is 6.83. The van der Waals surface area contributed by atoms with Crippen LogP contribution in [0.4, 0.5) is 5.69 Å². The van der Waals surface area contributed by atoms with Crippen molar-refractivity contribution in [2.75, 3.05) is 30.8 Å². The number of sulfonamides is 1. The third kappa shape index (κ3) is 5.32. The van der Waals surface area contributed by atoms with E-state index in [2.05, 4.69) is 16.9 Å². The maximum Gasteiger partial charge on any atom is 0.250 e. The third-order valence-electron chi connectivity index (χ3n) is 7.31. The van der Waals surface area contributed by atoms with Gasteiger partial charge >= 0.3 is 0 Å². The Morgan fingerprint density at radius 2 is 2.05 bits per heavy atom. The third-order valence-corrected chi connectivity index (χ3v) is 9.49. The Labute approximate surface area is 237 Å². The topological polar surface area (TPSA) is 129 Å². The summed E-state index contributed by atoms with van der Waals surface area (Å²) in [7, 11) is -3.27. The summed E-state index contributed by atoms with van der Waals surface area (Å²) in [5.74, 6) is -0.741. The minimum absolute atomic E-state index is 0.0307. The van der Waals surface area contributed by atoms with Gasteiger partial charge in [0, 0.05) is 36.1 Å². The Kier molecular flexibility index (Phi) is 7.63. The molecule has 0 bridgehead atoms. The molecule has 0 saturated heterocycles. The Morgan fingerprint density at radius 1 is 1.25 bits per heavy atom. The summed E-state index contributed by atoms with van der Waals surface area (Å²) < 4.78 is 25.3. The van der Waals surface area contributed by atoms with E-state index >= 15 is 0 Å². The fraction of sp³-hybridized carbons (Fsp3) is 0.241. The van der Waals surface area contributed by atoms with Crippen LogP contribution in [0.25, 0.3) is 27.6 Å². The molecule has 0 spiro atoms. The average Bonchev–Trinajstić information content (AvgIpc) is 3.61. The number of fused-ring (bicyclic) bond motifs is 1. The number of carbonyl (C=O) groups is 2. The van der Waals surface area contributed by atoms with Crippen molar-refractivity contribution in [1.82, 2.24) is 14.6 Å². The predicted octanol–water partition coefficient (Wildman–Crippen LogP) is 3.94. The van der Waals surface area contributed by atoms with Gasteiger partial charge in [0.1, 0.15) is 0 Å². The normalized spacial score (nSPS) is 17.4. The largest absolute Gasteiger partial charge is 0.377 e. The van der Waals surface area contributed by atoms with Gasteiger partial charge in [0.25, 0.3) is 5.91 Å². The minimum atomic E-state index is -3.27. The molecule has 0 radical (unpaired) electrons. The van der Waals surface area contributed by atoms with Crippen LogP contribution >= 0.6 is 11.8 Å². The van der Waals surface area contributed by atoms with Gasteiger partial charge in [-0.05, 0) is 65.3 Å². The average molecular weight is 578 g/mol. The second-order valence-electron chi connectivity index (χ2n) is 9.79. The summed E-state index contributed by atoms with van der Waals surface area (Å²) in [6.45, 7) is 6.80. The maximum absolute atomic E-state index is 12.9. The molecule has 9 nitrogen and oxygen atoms in total. The van der Waals surface area contributed by atoms with Crippen LogP contribution in [-0.2, 0) is 14.8 Å². The lowest BCUT2D eigenvalue weighted by Crippen LogP contribution is -2.39. The molecular weight excluding hydrogens is 546 g/mol. The first-order valence-electron chi connectivity index (χ1n) is 12.8. The monoisotopic (exact) mass is 577 g/mol. The van der Waals surface area contributed by atoms with E-state index in [-0.39, 0.29) is 17.8 Å². The maximum atomic E-state index is 12.9. The lowest BCUT2D eigenvalue weighted by atomic mass is 9.94. The summed E-state index contributed by atoms with van der Waals surface area (Å²) in [5, 5.41) is 6.06. The molecule has 3 heterocycles. The highest BCUT2D eigenvalue weighted by Crippen LogP contribution is 2.38. The number of nitrogens with zero attached hydrogens (tertiary/aromatic N) is 2. The van der Waals surface area contributed by atoms with Crippen LogP contribution in [-0.4, -0.2) is 60.8 Å². The van der Waals surface area contributed by atoms with Crippen molar-refractivity contribution in [3.8, 4) is 11.1 Å². The van der Waals surface area contributed by atoms with Crippen molar-refractivity contribution in [3.05, 3.63) is 83.6 Å². The molecule has 11 heteroatoms. The van der Waals surface area contributed by atoms with Crippen LogP contribution in [0.2, 0.25) is 0 Å². The predicted molar refractivity (Wildman–Crippen MR) is 162 cm³/mol. The number of aromatic nitrogens is 1. The quantitative estimate of drug-likeness (QED) is 0.348. The van der Waals surface area contributed by atoms with Crippen LogP contribution in [0, 0.1) is 6.92 Å². The molecule has 1 atom stereocenters. The summed E-state index contributed by atoms with van der Waals surface area (Å²) in [6, 6.07) is 11.4. The van der Waals surface area contributed by atoms with Crippen molar-refractivity contribution in [1.29, 1.82) is 0 Å². The first-order chi connectivity index (χ1) is 19.1. The number of amides is 2. The number of nitrogens with two attached hydrogens (primary N) is 1. The van der Waals surface area contributed by atoms with Crippen LogP contribution < -0.4 is 16.0 Å². The summed E-state index contributed by atoms with van der Waals surface area (Å²) >= 11 is 1.61. The van der Waals surface area contributed by atoms with Crippen molar-refractivity contribution < 1.29 is 18.0 Å². The fourth-order valence-electron chi connectivity index (χ4n) is 5.24. The van der Waals surface area contributed by atoms with Gasteiger partial charge in [0.05, 0.1) is 29.3 Å². The summed E-state index contributed by atoms with van der Waals surface area (Å²) in [5.41, 5.74) is 12.0. The molecular formula is C29H31N5O4S2. The van der Waals surface area contributed by atoms with Gasteiger partial charge < -0.3 is 20.9 Å². The van der Waals surface area contributed by atoms with Gasteiger partial charge in [0.2, 0.25) is 15.9 Å². The van der Waals surface area contributed by atoms with Crippen LogP contribution in [0.5, 0.6) is 0 Å². The molecule has 208 valence electrons. The van der Waals surface area contributed by atoms with E-state index in [4.69, 9.17) is 5.73 Å². The second-order valence-corrected chi connectivity index (χ2v) is 12.9. The van der Waals surface area contributed by atoms with E-state index < -0.39 is 15.9 Å². The number of thioether (sulfide) groups is 1. The first kappa shape index (κ1) is 27.8. The molecule has 3 aromatic rings. The van der Waals surface area contributed by atoms with E-state index in [0.717, 1.165) is 39.0 Å². The second kappa shape index (κ2) is 11.0. The standard InChI is InChI=1S/C29H31N5O4S2/c1-4-27(35)34(17-26-31-12-15-39-26)25-7-5-6-20(18(25)2)21-8-9-22(29(30)36)28-23(21)16-24(32-28)19-10-13-33(14-11-19)40(3,37)38/h4-10,12,15-16,26,31-32H,1,11,13-14,17H2,2-3H3,(H2,30,36)/t26-/m0/s1. The van der Waals surface area contributed by atoms with Crippen LogP contribution in [0.3, 0.4) is 0 Å². The van der Waals surface area contributed by atoms with E-state index in [0.29, 0.717) is 30.6 Å². The zero-order valence-electron chi connectivity index (χ0n) is 22.3. The molecule has 2 aliphatic heterocycles. The highest BCUT2D eigenvalue weighted by atomic mass is 32.2. The van der Waals surface area contributed by atoms with Gasteiger partial charge in [-0.3, -0.25) is 9.59 Å². The van der Waals surface area contributed by atoms with Crippen molar-refractivity contribution >= 4 is 55.8 Å². The molecule has 0 fully saturated rings. The molecule has 2 aliphatic rings. The van der Waals surface area contributed by atoms with Gasteiger partial charge in [-0.2, -0.15) is 4.31 Å². The van der Waals surface area contributed by atoms with Crippen molar-refractivity contribution in [2.24, 2.45) is 5.73 Å². The molecule has 2 aromatic carbocycles. The van der Waals surface area contributed by atoms with Crippen LogP contribution in [0.15, 0.2) is 66.7 Å². The fourth-order valence-corrected chi connectivity index (χ4v) is 6.74. The zero-order chi connectivity index (χ0) is 28.6. The van der Waals surface area contributed by atoms with Gasteiger partial charge in [0.15, 0.2) is 0 Å². The Morgan fingerprint density at radius 3 is 2.67 bits per heavy atom. The van der Waals surface area contributed by atoms with Gasteiger partial charge in [-0.1, -0.05) is 30.9 Å². The number of primary amides is 1. The molecule has 0 unspecified atom stereocenters. The summed E-state index contributed by atoms with van der Waals surface area (Å²) in [4.78, 5) is 30.4. The van der Waals surface area contributed by atoms with Gasteiger partial charge in [-0.15, -0.1) is 11.8 Å². The molecule has 0 saturated carbocycles. The molecule has 1 aromatic heterocycles. The first-order valence-corrected chi connectivity index (χ1v) is 15.6. The number of carbonyl (C=O) groups excluding carboxylic acids is 2. The lowest BCUT2D eigenvalue weighted by Gasteiger charge is -2.27. The number of nitrogens with one attached hydrogen (secondary N) is 2. The number of hydrogen-bond acceptors (Lipinski definition) is 6. The van der Waals surface area contributed by atoms with Gasteiger partial charge in [-0.25, -0.2) is 8.42 Å². The lowest BCUT2D eigenvalue weighted by molar-refractivity contribution is -0.114. The SMILES string of the molecule is C=CC(=O)N(C[C@H]1NC=CS1)c1cccc(-c2ccc(C(N)=O)c3[nH]c(C4=CCN(S(C)(=O)=O)CC4)cc23)c1C. The molecule has 0 aliphatic carbocycles. The number of aromatic amines is 1. The number of rotatable bonds is 8.